The summed E-state index contributed by atoms with van der Waals surface area (Å²) in [6, 6.07) is 6.81. The van der Waals surface area contributed by atoms with Gasteiger partial charge in [-0.2, -0.15) is 8.42 Å². The maximum absolute atomic E-state index is 10.9. The van der Waals surface area contributed by atoms with E-state index in [9.17, 15) is 8.42 Å². The number of rotatable bonds is 1. The van der Waals surface area contributed by atoms with Crippen LogP contribution < -0.4 is 0 Å². The Bertz CT molecular complexity index is 518. The van der Waals surface area contributed by atoms with Gasteiger partial charge in [0, 0.05) is 6.26 Å². The molecule has 0 atom stereocenters. The highest BCUT2D eigenvalue weighted by Crippen LogP contribution is 2.08. The van der Waals surface area contributed by atoms with Crippen molar-refractivity contribution in [3.63, 3.8) is 0 Å². The zero-order valence-corrected chi connectivity index (χ0v) is 10.3. The van der Waals surface area contributed by atoms with Gasteiger partial charge in [0.25, 0.3) is 0 Å². The lowest BCUT2D eigenvalue weighted by Crippen LogP contribution is -1.95. The van der Waals surface area contributed by atoms with Gasteiger partial charge in [-0.25, -0.2) is 8.42 Å². The summed E-state index contributed by atoms with van der Waals surface area (Å²) >= 11 is 0. The molecule has 0 radical (unpaired) electrons. The first kappa shape index (κ1) is 15.0. The molecule has 2 N–H and O–H groups in total. The fourth-order valence-corrected chi connectivity index (χ4v) is 1.42. The van der Waals surface area contributed by atoms with Gasteiger partial charge in [0.1, 0.15) is 0 Å². The highest BCUT2D eigenvalue weighted by molar-refractivity contribution is 7.90. The van der Waals surface area contributed by atoms with Crippen LogP contribution in [0.5, 0.6) is 0 Å². The lowest BCUT2D eigenvalue weighted by atomic mass is 10.2. The third-order valence-corrected chi connectivity index (χ3v) is 2.58. The molecule has 0 aromatic heterocycles. The van der Waals surface area contributed by atoms with E-state index in [1.165, 1.54) is 6.26 Å². The zero-order valence-electron chi connectivity index (χ0n) is 8.65. The standard InChI is InChI=1S/C8H10O2S.H2O4S/c1-7-3-5-8(6-4-7)11(2,9)10;1-5(2,3)4/h3-6H,1-2H3;(H2,1,2,3,4). The molecule has 1 aromatic carbocycles. The van der Waals surface area contributed by atoms with Gasteiger partial charge in [-0.1, -0.05) is 17.7 Å². The predicted molar refractivity (Wildman–Crippen MR) is 58.5 cm³/mol. The molecule has 0 aliphatic carbocycles. The Morgan fingerprint density at radius 1 is 0.938 bits per heavy atom. The van der Waals surface area contributed by atoms with Crippen molar-refractivity contribution in [1.29, 1.82) is 0 Å². The number of aryl methyl sites for hydroxylation is 1. The summed E-state index contributed by atoms with van der Waals surface area (Å²) in [4.78, 5) is 0.378. The van der Waals surface area contributed by atoms with Gasteiger partial charge in [-0.15, -0.1) is 0 Å². The van der Waals surface area contributed by atoms with Crippen molar-refractivity contribution >= 4 is 20.2 Å². The summed E-state index contributed by atoms with van der Waals surface area (Å²) in [6.45, 7) is 1.92. The molecule has 8 heteroatoms. The molecule has 0 unspecified atom stereocenters. The van der Waals surface area contributed by atoms with Crippen LogP contribution in [0.2, 0.25) is 0 Å². The molecule has 92 valence electrons. The molecule has 0 aliphatic rings. The van der Waals surface area contributed by atoms with Crippen LogP contribution in [0.15, 0.2) is 29.2 Å². The minimum absolute atomic E-state index is 0.378. The largest absolute Gasteiger partial charge is 0.394 e. The molecule has 0 amide bonds. The van der Waals surface area contributed by atoms with E-state index < -0.39 is 20.2 Å². The lowest BCUT2D eigenvalue weighted by Gasteiger charge is -1.96. The van der Waals surface area contributed by atoms with Crippen molar-refractivity contribution in [3.8, 4) is 0 Å². The summed E-state index contributed by atoms with van der Waals surface area (Å²) in [7, 11) is -7.69. The molecule has 6 nitrogen and oxygen atoms in total. The number of sulfone groups is 1. The summed E-state index contributed by atoms with van der Waals surface area (Å²) in [5.41, 5.74) is 1.07. The van der Waals surface area contributed by atoms with Crippen LogP contribution in [-0.4, -0.2) is 32.2 Å². The van der Waals surface area contributed by atoms with Crippen molar-refractivity contribution in [2.45, 2.75) is 11.8 Å². The van der Waals surface area contributed by atoms with Gasteiger partial charge in [-0.05, 0) is 19.1 Å². The predicted octanol–water partition coefficient (Wildman–Crippen LogP) is 0.746. The maximum atomic E-state index is 10.9. The number of hydrogen-bond donors (Lipinski definition) is 2. The van der Waals surface area contributed by atoms with E-state index in [0.29, 0.717) is 4.90 Å². The van der Waals surface area contributed by atoms with Gasteiger partial charge in [0.2, 0.25) is 0 Å². The van der Waals surface area contributed by atoms with Gasteiger partial charge in [-0.3, -0.25) is 9.11 Å². The van der Waals surface area contributed by atoms with Crippen molar-refractivity contribution in [2.24, 2.45) is 0 Å². The summed E-state index contributed by atoms with van der Waals surface area (Å²) in [5.74, 6) is 0. The van der Waals surface area contributed by atoms with Crippen LogP contribution in [0.25, 0.3) is 0 Å². The van der Waals surface area contributed by atoms with Crippen molar-refractivity contribution in [1.82, 2.24) is 0 Å². The first-order valence-electron chi connectivity index (χ1n) is 3.97. The van der Waals surface area contributed by atoms with E-state index in [0.717, 1.165) is 5.56 Å². The Hall–Kier alpha value is -0.960. The summed E-state index contributed by atoms with van der Waals surface area (Å²) < 4.78 is 53.5. The van der Waals surface area contributed by atoms with E-state index in [4.69, 9.17) is 17.5 Å². The Kier molecular flexibility index (Phi) is 5.07. The highest BCUT2D eigenvalue weighted by atomic mass is 32.3. The fourth-order valence-electron chi connectivity index (χ4n) is 0.785. The second-order valence-electron chi connectivity index (χ2n) is 3.03. The topological polar surface area (TPSA) is 109 Å². The Labute approximate surface area is 94.4 Å². The van der Waals surface area contributed by atoms with E-state index in [2.05, 4.69) is 0 Å². The molecule has 0 heterocycles. The van der Waals surface area contributed by atoms with Crippen LogP contribution in [0.3, 0.4) is 0 Å². The van der Waals surface area contributed by atoms with E-state index in [-0.39, 0.29) is 0 Å². The minimum Gasteiger partial charge on any atom is -0.264 e. The Morgan fingerprint density at radius 2 is 1.25 bits per heavy atom. The first-order valence-corrected chi connectivity index (χ1v) is 7.25. The van der Waals surface area contributed by atoms with Crippen LogP contribution in [0.1, 0.15) is 5.56 Å². The maximum Gasteiger partial charge on any atom is 0.394 e. The average Bonchev–Trinajstić information content (AvgIpc) is 1.99. The van der Waals surface area contributed by atoms with Crippen molar-refractivity contribution in [2.75, 3.05) is 6.26 Å². The van der Waals surface area contributed by atoms with E-state index >= 15 is 0 Å². The number of hydrogen-bond acceptors (Lipinski definition) is 4. The molecule has 0 saturated heterocycles. The van der Waals surface area contributed by atoms with E-state index in [1.807, 2.05) is 6.92 Å². The Balaban J connectivity index is 0.000000385. The van der Waals surface area contributed by atoms with Gasteiger partial charge in [0.15, 0.2) is 9.84 Å². The molecule has 0 saturated carbocycles. The van der Waals surface area contributed by atoms with Crippen LogP contribution in [0.4, 0.5) is 0 Å². The second-order valence-corrected chi connectivity index (χ2v) is 5.94. The normalized spacial score (nSPS) is 11.5. The molecular weight excluding hydrogens is 256 g/mol. The fraction of sp³-hybridized carbons (Fsp3) is 0.250. The molecule has 1 aromatic rings. The first-order chi connectivity index (χ1) is 7.00. The summed E-state index contributed by atoms with van der Waals surface area (Å²) in [5, 5.41) is 0. The van der Waals surface area contributed by atoms with Crippen LogP contribution >= 0.6 is 0 Å². The molecule has 16 heavy (non-hydrogen) atoms. The van der Waals surface area contributed by atoms with Crippen molar-refractivity contribution < 1.29 is 25.9 Å². The zero-order chi connectivity index (χ0) is 13.0. The second kappa shape index (κ2) is 5.39. The molecule has 0 bridgehead atoms. The van der Waals surface area contributed by atoms with E-state index in [1.54, 1.807) is 24.3 Å². The van der Waals surface area contributed by atoms with Gasteiger partial charge < -0.3 is 0 Å². The molecule has 0 aliphatic heterocycles. The number of benzene rings is 1. The Morgan fingerprint density at radius 3 is 1.50 bits per heavy atom. The van der Waals surface area contributed by atoms with Crippen LogP contribution in [-0.2, 0) is 20.2 Å². The SMILES string of the molecule is Cc1ccc(S(C)(=O)=O)cc1.O=S(=O)(O)O. The molecular formula is C8H12O6S2. The van der Waals surface area contributed by atoms with Crippen LogP contribution in [0, 0.1) is 6.92 Å². The monoisotopic (exact) mass is 268 g/mol. The molecule has 0 fully saturated rings. The summed E-state index contributed by atoms with van der Waals surface area (Å²) in [6.07, 6.45) is 1.21. The quantitative estimate of drug-likeness (QED) is 0.727. The minimum atomic E-state index is -4.67. The van der Waals surface area contributed by atoms with Gasteiger partial charge >= 0.3 is 10.4 Å². The van der Waals surface area contributed by atoms with Gasteiger partial charge in [0.05, 0.1) is 4.90 Å². The lowest BCUT2D eigenvalue weighted by molar-refractivity contribution is 0.381. The third-order valence-electron chi connectivity index (χ3n) is 1.45. The highest BCUT2D eigenvalue weighted by Gasteiger charge is 2.04. The smallest absolute Gasteiger partial charge is 0.264 e. The molecule has 0 spiro atoms. The molecule has 1 rings (SSSR count). The average molecular weight is 268 g/mol. The third kappa shape index (κ3) is 8.36. The van der Waals surface area contributed by atoms with Crippen molar-refractivity contribution in [3.05, 3.63) is 29.8 Å².